The van der Waals surface area contributed by atoms with Crippen LogP contribution in [0.5, 0.6) is 0 Å². The van der Waals surface area contributed by atoms with Gasteiger partial charge in [0.25, 0.3) is 5.79 Å². The number of alkyl halides is 2. The van der Waals surface area contributed by atoms with Crippen molar-refractivity contribution in [1.29, 1.82) is 0 Å². The third-order valence-electron chi connectivity index (χ3n) is 4.73. The number of halogens is 2. The van der Waals surface area contributed by atoms with Crippen molar-refractivity contribution < 1.29 is 28.9 Å². The minimum atomic E-state index is -2.55. The predicted octanol–water partition coefficient (Wildman–Crippen LogP) is 0.169. The van der Waals surface area contributed by atoms with Gasteiger partial charge in [-0.1, -0.05) is 0 Å². The molecule has 1 saturated heterocycles. The molecule has 3 fully saturated rings. The summed E-state index contributed by atoms with van der Waals surface area (Å²) in [5.41, 5.74) is -1.38. The van der Waals surface area contributed by atoms with Crippen molar-refractivity contribution in [3.05, 3.63) is 0 Å². The summed E-state index contributed by atoms with van der Waals surface area (Å²) in [6, 6.07) is 0. The lowest BCUT2D eigenvalue weighted by atomic mass is 9.73. The number of esters is 1. The van der Waals surface area contributed by atoms with Gasteiger partial charge in [-0.15, -0.1) is 23.2 Å². The van der Waals surface area contributed by atoms with Gasteiger partial charge < -0.3 is 19.3 Å². The summed E-state index contributed by atoms with van der Waals surface area (Å²) in [5, 5.41) is 10.5. The van der Waals surface area contributed by atoms with Crippen LogP contribution in [0, 0.1) is 5.41 Å². The Morgan fingerprint density at radius 2 is 1.79 bits per heavy atom. The van der Waals surface area contributed by atoms with Crippen LogP contribution in [0.25, 0.3) is 0 Å². The van der Waals surface area contributed by atoms with Gasteiger partial charge in [-0.2, -0.15) is 0 Å². The van der Waals surface area contributed by atoms with Gasteiger partial charge in [0, 0.05) is 14.2 Å². The number of ketones is 1. The zero-order chi connectivity index (χ0) is 14.5. The van der Waals surface area contributed by atoms with E-state index in [2.05, 4.69) is 0 Å². The summed E-state index contributed by atoms with van der Waals surface area (Å²) in [6.07, 6.45) is -0.132. The van der Waals surface area contributed by atoms with Crippen LogP contribution in [0.1, 0.15) is 13.3 Å². The lowest BCUT2D eigenvalue weighted by Gasteiger charge is -2.40. The van der Waals surface area contributed by atoms with E-state index in [0.717, 1.165) is 0 Å². The average Bonchev–Trinajstić information content (AvgIpc) is 2.63. The highest BCUT2D eigenvalue weighted by Gasteiger charge is 3.00. The quantitative estimate of drug-likeness (QED) is 0.445. The Hall–Kier alpha value is -0.400. The van der Waals surface area contributed by atoms with Crippen LogP contribution in [-0.4, -0.2) is 52.4 Å². The van der Waals surface area contributed by atoms with E-state index in [4.69, 9.17) is 37.4 Å². The Bertz CT molecular complexity index is 519. The van der Waals surface area contributed by atoms with Crippen molar-refractivity contribution in [3.8, 4) is 0 Å². The summed E-state index contributed by atoms with van der Waals surface area (Å²) < 4.78 is 15.4. The van der Waals surface area contributed by atoms with Crippen LogP contribution in [0.3, 0.4) is 0 Å². The Kier molecular flexibility index (Phi) is 2.21. The molecule has 0 unspecified atom stereocenters. The molecule has 4 atom stereocenters. The van der Waals surface area contributed by atoms with E-state index < -0.39 is 38.5 Å². The van der Waals surface area contributed by atoms with Gasteiger partial charge >= 0.3 is 5.97 Å². The highest BCUT2D eigenvalue weighted by molar-refractivity contribution is 6.46. The SMILES string of the molecule is COC1(OC)[C@]2(Cl)[C@]3(C)C[C@@]1(Cl)C(=O)[C@@]2(O)OC3=O. The molecule has 0 aromatic carbocycles. The van der Waals surface area contributed by atoms with Gasteiger partial charge in [0.05, 0.1) is 5.41 Å². The van der Waals surface area contributed by atoms with E-state index in [9.17, 15) is 14.7 Å². The first-order valence-electron chi connectivity index (χ1n) is 5.60. The molecule has 6 nitrogen and oxygen atoms in total. The maximum absolute atomic E-state index is 12.4. The molecule has 3 rings (SSSR count). The molecule has 2 aliphatic carbocycles. The van der Waals surface area contributed by atoms with Crippen LogP contribution in [0.4, 0.5) is 0 Å². The number of carbonyl (C=O) groups is 2. The van der Waals surface area contributed by atoms with E-state index >= 15 is 0 Å². The normalized spacial score (nSPS) is 53.8. The van der Waals surface area contributed by atoms with Gasteiger partial charge in [0.2, 0.25) is 11.6 Å². The van der Waals surface area contributed by atoms with Crippen molar-refractivity contribution in [1.82, 2.24) is 0 Å². The lowest BCUT2D eigenvalue weighted by Crippen LogP contribution is -2.62. The van der Waals surface area contributed by atoms with Gasteiger partial charge in [-0.05, 0) is 13.3 Å². The number of aliphatic hydroxyl groups is 1. The first kappa shape index (κ1) is 13.6. The van der Waals surface area contributed by atoms with Gasteiger partial charge in [0.15, 0.2) is 9.75 Å². The minimum absolute atomic E-state index is 0.132. The third kappa shape index (κ3) is 0.859. The fourth-order valence-corrected chi connectivity index (χ4v) is 5.20. The third-order valence-corrected chi connectivity index (χ3v) is 6.21. The predicted molar refractivity (Wildman–Crippen MR) is 62.7 cm³/mol. The topological polar surface area (TPSA) is 82.1 Å². The summed E-state index contributed by atoms with van der Waals surface area (Å²) in [6.45, 7) is 1.48. The number of rotatable bonds is 2. The average molecular weight is 311 g/mol. The van der Waals surface area contributed by atoms with Gasteiger partial charge in [0.1, 0.15) is 0 Å². The smallest absolute Gasteiger partial charge is 0.317 e. The molecule has 0 aromatic rings. The standard InChI is InChI=1S/C11H12Cl2O6/c1-7-4-8(12)5(14)9(16,19-6(7)15)10(7,13)11(8,17-2)18-3/h16H,4H2,1-3H3/t7-,8-,9-,10+/m1/s1. The number of ether oxygens (including phenoxy) is 3. The number of hydrogen-bond donors (Lipinski definition) is 1. The van der Waals surface area contributed by atoms with Crippen molar-refractivity contribution in [3.63, 3.8) is 0 Å². The monoisotopic (exact) mass is 310 g/mol. The second-order valence-corrected chi connectivity index (χ2v) is 6.57. The number of hydrogen-bond acceptors (Lipinski definition) is 6. The molecule has 2 bridgehead atoms. The molecular weight excluding hydrogens is 299 g/mol. The Morgan fingerprint density at radius 3 is 2.21 bits per heavy atom. The summed E-state index contributed by atoms with van der Waals surface area (Å²) >= 11 is 12.9. The van der Waals surface area contributed by atoms with Crippen molar-refractivity contribution >= 4 is 35.0 Å². The first-order valence-corrected chi connectivity index (χ1v) is 6.36. The van der Waals surface area contributed by atoms with E-state index in [0.29, 0.717) is 0 Å². The second-order valence-electron chi connectivity index (χ2n) is 5.36. The van der Waals surface area contributed by atoms with Crippen molar-refractivity contribution in [2.75, 3.05) is 14.2 Å². The van der Waals surface area contributed by atoms with E-state index in [1.165, 1.54) is 21.1 Å². The van der Waals surface area contributed by atoms with E-state index in [1.54, 1.807) is 0 Å². The molecule has 19 heavy (non-hydrogen) atoms. The molecule has 0 aromatic heterocycles. The molecule has 0 spiro atoms. The van der Waals surface area contributed by atoms with Crippen LogP contribution >= 0.6 is 23.2 Å². The molecule has 2 saturated carbocycles. The number of methoxy groups -OCH3 is 2. The maximum Gasteiger partial charge on any atom is 0.317 e. The Labute approximate surface area is 118 Å². The van der Waals surface area contributed by atoms with Crippen LogP contribution in [0.2, 0.25) is 0 Å². The summed E-state index contributed by atoms with van der Waals surface area (Å²) in [7, 11) is 2.50. The van der Waals surface area contributed by atoms with Gasteiger partial charge in [-0.25, -0.2) is 0 Å². The number of carbonyl (C=O) groups excluding carboxylic acids is 2. The molecule has 0 radical (unpaired) electrons. The zero-order valence-electron chi connectivity index (χ0n) is 10.5. The first-order chi connectivity index (χ1) is 8.61. The van der Waals surface area contributed by atoms with Crippen LogP contribution in [0.15, 0.2) is 0 Å². The summed E-state index contributed by atoms with van der Waals surface area (Å²) in [4.78, 5) is 20.7. The van der Waals surface area contributed by atoms with Crippen LogP contribution < -0.4 is 0 Å². The van der Waals surface area contributed by atoms with Crippen molar-refractivity contribution in [2.45, 2.75) is 34.7 Å². The Morgan fingerprint density at radius 1 is 1.26 bits per heavy atom. The van der Waals surface area contributed by atoms with E-state index in [-0.39, 0.29) is 6.42 Å². The fraction of sp³-hybridized carbons (Fsp3) is 0.818. The van der Waals surface area contributed by atoms with Crippen LogP contribution in [-0.2, 0) is 23.8 Å². The Balaban J connectivity index is 2.42. The van der Waals surface area contributed by atoms with Crippen molar-refractivity contribution in [2.24, 2.45) is 5.41 Å². The molecule has 106 valence electrons. The largest absolute Gasteiger partial charge is 0.423 e. The van der Waals surface area contributed by atoms with Gasteiger partial charge in [-0.3, -0.25) is 9.59 Å². The highest BCUT2D eigenvalue weighted by atomic mass is 35.5. The lowest BCUT2D eigenvalue weighted by molar-refractivity contribution is -0.251. The number of Topliss-reactive ketones (excluding diaryl/α,β-unsaturated/α-hetero) is 1. The maximum atomic E-state index is 12.4. The number of fused-ring (bicyclic) bond motifs is 1. The second kappa shape index (κ2) is 3.09. The fourth-order valence-electron chi connectivity index (χ4n) is 3.88. The molecule has 1 heterocycles. The molecule has 0 amide bonds. The zero-order valence-corrected chi connectivity index (χ0v) is 12.0. The summed E-state index contributed by atoms with van der Waals surface area (Å²) in [5.74, 6) is -6.11. The van der Waals surface area contributed by atoms with E-state index in [1.807, 2.05) is 0 Å². The highest BCUT2D eigenvalue weighted by Crippen LogP contribution is 2.77. The molecule has 8 heteroatoms. The molecule has 1 N–H and O–H groups in total. The minimum Gasteiger partial charge on any atom is -0.423 e. The molecular formula is C11H12Cl2O6. The molecule has 1 aliphatic heterocycles. The molecule has 3 aliphatic rings.